The predicted octanol–water partition coefficient (Wildman–Crippen LogP) is 2.19. The van der Waals surface area contributed by atoms with Gasteiger partial charge in [-0.2, -0.15) is 0 Å². The molecule has 1 amide bonds. The number of ether oxygens (including phenoxy) is 2. The number of hydrogen-bond acceptors (Lipinski definition) is 5. The fraction of sp³-hybridized carbons (Fsp3) is 0.875. The van der Waals surface area contributed by atoms with Crippen molar-refractivity contribution < 1.29 is 24.2 Å². The van der Waals surface area contributed by atoms with Crippen molar-refractivity contribution in [2.45, 2.75) is 59.2 Å². The molecule has 0 bridgehead atoms. The van der Waals surface area contributed by atoms with E-state index in [1.54, 1.807) is 11.8 Å². The van der Waals surface area contributed by atoms with Gasteiger partial charge in [0, 0.05) is 24.9 Å². The molecule has 0 saturated carbocycles. The standard InChI is InChI=1S/C16H29NO5/c1-7-21-13(18)8-16(20)11(2)9-17(10-12(16)3)14(19)22-15(4,5)6/h11-12,20H,7-10H2,1-6H3. The normalized spacial score (nSPS) is 29.1. The number of amides is 1. The van der Waals surface area contributed by atoms with Crippen molar-refractivity contribution >= 4 is 12.1 Å². The molecule has 0 aromatic rings. The smallest absolute Gasteiger partial charge is 0.410 e. The van der Waals surface area contributed by atoms with Gasteiger partial charge in [0.05, 0.1) is 18.6 Å². The first-order valence-corrected chi connectivity index (χ1v) is 7.85. The summed E-state index contributed by atoms with van der Waals surface area (Å²) in [6, 6.07) is 0. The van der Waals surface area contributed by atoms with Crippen LogP contribution in [-0.2, 0) is 14.3 Å². The van der Waals surface area contributed by atoms with Crippen molar-refractivity contribution in [3.05, 3.63) is 0 Å². The van der Waals surface area contributed by atoms with Gasteiger partial charge in [0.1, 0.15) is 5.60 Å². The maximum Gasteiger partial charge on any atom is 0.410 e. The highest BCUT2D eigenvalue weighted by Crippen LogP contribution is 2.36. The molecule has 6 nitrogen and oxygen atoms in total. The Morgan fingerprint density at radius 1 is 1.23 bits per heavy atom. The van der Waals surface area contributed by atoms with E-state index in [9.17, 15) is 14.7 Å². The van der Waals surface area contributed by atoms with Gasteiger partial charge in [0.15, 0.2) is 0 Å². The van der Waals surface area contributed by atoms with E-state index in [1.165, 1.54) is 0 Å². The highest BCUT2D eigenvalue weighted by Gasteiger charge is 2.47. The van der Waals surface area contributed by atoms with Crippen LogP contribution in [0.25, 0.3) is 0 Å². The average Bonchev–Trinajstić information content (AvgIpc) is 2.33. The SMILES string of the molecule is CCOC(=O)CC1(O)C(C)CN(C(=O)OC(C)(C)C)CC1C. The van der Waals surface area contributed by atoms with Gasteiger partial charge in [-0.3, -0.25) is 4.79 Å². The van der Waals surface area contributed by atoms with Crippen molar-refractivity contribution in [1.29, 1.82) is 0 Å². The number of esters is 1. The number of carbonyl (C=O) groups excluding carboxylic acids is 2. The number of aliphatic hydroxyl groups is 1. The maximum atomic E-state index is 12.2. The van der Waals surface area contributed by atoms with Gasteiger partial charge < -0.3 is 19.5 Å². The number of likely N-dealkylation sites (tertiary alicyclic amines) is 1. The molecule has 2 atom stereocenters. The van der Waals surface area contributed by atoms with Crippen molar-refractivity contribution in [2.75, 3.05) is 19.7 Å². The quantitative estimate of drug-likeness (QED) is 0.808. The molecule has 0 aromatic carbocycles. The Morgan fingerprint density at radius 3 is 2.14 bits per heavy atom. The van der Waals surface area contributed by atoms with Crippen LogP contribution in [0.3, 0.4) is 0 Å². The molecule has 1 aliphatic rings. The van der Waals surface area contributed by atoms with E-state index in [0.29, 0.717) is 19.7 Å². The summed E-state index contributed by atoms with van der Waals surface area (Å²) < 4.78 is 10.3. The molecular weight excluding hydrogens is 286 g/mol. The van der Waals surface area contributed by atoms with Gasteiger partial charge in [0.25, 0.3) is 0 Å². The van der Waals surface area contributed by atoms with Crippen LogP contribution in [0.2, 0.25) is 0 Å². The zero-order valence-corrected chi connectivity index (χ0v) is 14.5. The van der Waals surface area contributed by atoms with E-state index in [2.05, 4.69) is 0 Å². The van der Waals surface area contributed by atoms with Crippen molar-refractivity contribution in [3.8, 4) is 0 Å². The summed E-state index contributed by atoms with van der Waals surface area (Å²) in [6.07, 6.45) is -0.435. The summed E-state index contributed by atoms with van der Waals surface area (Å²) in [4.78, 5) is 25.5. The molecule has 0 aliphatic carbocycles. The van der Waals surface area contributed by atoms with E-state index >= 15 is 0 Å². The monoisotopic (exact) mass is 315 g/mol. The fourth-order valence-electron chi connectivity index (χ4n) is 2.80. The maximum absolute atomic E-state index is 12.2. The molecule has 128 valence electrons. The molecule has 6 heteroatoms. The minimum Gasteiger partial charge on any atom is -0.466 e. The molecule has 1 fully saturated rings. The third kappa shape index (κ3) is 4.60. The molecule has 0 aromatic heterocycles. The van der Waals surface area contributed by atoms with Gasteiger partial charge in [-0.15, -0.1) is 0 Å². The molecule has 22 heavy (non-hydrogen) atoms. The third-order valence-electron chi connectivity index (χ3n) is 4.08. The first-order chi connectivity index (χ1) is 9.99. The summed E-state index contributed by atoms with van der Waals surface area (Å²) in [6.45, 7) is 11.9. The summed E-state index contributed by atoms with van der Waals surface area (Å²) in [7, 11) is 0. The lowest BCUT2D eigenvalue weighted by molar-refractivity contribution is -0.160. The molecular formula is C16H29NO5. The van der Waals surface area contributed by atoms with Gasteiger partial charge in [-0.05, 0) is 27.7 Å². The average molecular weight is 315 g/mol. The number of rotatable bonds is 3. The van der Waals surface area contributed by atoms with Crippen LogP contribution < -0.4 is 0 Å². The lowest BCUT2D eigenvalue weighted by atomic mass is 9.73. The summed E-state index contributed by atoms with van der Waals surface area (Å²) in [5.41, 5.74) is -1.72. The second kappa shape index (κ2) is 6.86. The second-order valence-electron chi connectivity index (χ2n) is 7.16. The van der Waals surface area contributed by atoms with Crippen LogP contribution in [0.1, 0.15) is 48.0 Å². The largest absolute Gasteiger partial charge is 0.466 e. The Hall–Kier alpha value is -1.30. The molecule has 0 spiro atoms. The molecule has 0 radical (unpaired) electrons. The van der Waals surface area contributed by atoms with E-state index in [4.69, 9.17) is 9.47 Å². The summed E-state index contributed by atoms with van der Waals surface area (Å²) >= 11 is 0. The summed E-state index contributed by atoms with van der Waals surface area (Å²) in [5.74, 6) is -0.893. The van der Waals surface area contributed by atoms with Gasteiger partial charge >= 0.3 is 12.1 Å². The highest BCUT2D eigenvalue weighted by molar-refractivity contribution is 5.71. The predicted molar refractivity (Wildman–Crippen MR) is 82.3 cm³/mol. The zero-order chi connectivity index (χ0) is 17.1. The van der Waals surface area contributed by atoms with E-state index in [1.807, 2.05) is 34.6 Å². The Morgan fingerprint density at radius 2 is 1.73 bits per heavy atom. The van der Waals surface area contributed by atoms with E-state index in [-0.39, 0.29) is 24.3 Å². The number of nitrogens with zero attached hydrogens (tertiary/aromatic N) is 1. The number of carbonyl (C=O) groups is 2. The van der Waals surface area contributed by atoms with Crippen molar-refractivity contribution in [2.24, 2.45) is 11.8 Å². The first-order valence-electron chi connectivity index (χ1n) is 7.85. The van der Waals surface area contributed by atoms with Gasteiger partial charge in [-0.25, -0.2) is 4.79 Å². The summed E-state index contributed by atoms with van der Waals surface area (Å²) in [5, 5.41) is 10.9. The van der Waals surface area contributed by atoms with Crippen LogP contribution >= 0.6 is 0 Å². The van der Waals surface area contributed by atoms with Crippen molar-refractivity contribution in [1.82, 2.24) is 4.90 Å². The lowest BCUT2D eigenvalue weighted by Gasteiger charge is -2.47. The Balaban J connectivity index is 2.75. The third-order valence-corrected chi connectivity index (χ3v) is 4.08. The minimum atomic E-state index is -1.16. The second-order valence-corrected chi connectivity index (χ2v) is 7.16. The Labute approximate surface area is 132 Å². The highest BCUT2D eigenvalue weighted by atomic mass is 16.6. The molecule has 1 aliphatic heterocycles. The van der Waals surface area contributed by atoms with Crippen LogP contribution in [0.15, 0.2) is 0 Å². The van der Waals surface area contributed by atoms with Gasteiger partial charge in [-0.1, -0.05) is 13.8 Å². The Kier molecular flexibility index (Phi) is 5.84. The number of hydrogen-bond donors (Lipinski definition) is 1. The van der Waals surface area contributed by atoms with Crippen LogP contribution in [0.4, 0.5) is 4.79 Å². The molecule has 1 N–H and O–H groups in total. The Bertz CT molecular complexity index is 403. The molecule has 1 heterocycles. The molecule has 1 saturated heterocycles. The van der Waals surface area contributed by atoms with Crippen LogP contribution in [0, 0.1) is 11.8 Å². The minimum absolute atomic E-state index is 0.0503. The number of piperidine rings is 1. The fourth-order valence-corrected chi connectivity index (χ4v) is 2.80. The zero-order valence-electron chi connectivity index (χ0n) is 14.5. The van der Waals surface area contributed by atoms with Crippen LogP contribution in [0.5, 0.6) is 0 Å². The first kappa shape index (κ1) is 18.7. The van der Waals surface area contributed by atoms with E-state index in [0.717, 1.165) is 0 Å². The molecule has 1 rings (SSSR count). The molecule has 2 unspecified atom stereocenters. The topological polar surface area (TPSA) is 76.1 Å². The van der Waals surface area contributed by atoms with Crippen LogP contribution in [-0.4, -0.2) is 53.0 Å². The van der Waals surface area contributed by atoms with Gasteiger partial charge in [0.2, 0.25) is 0 Å². The lowest BCUT2D eigenvalue weighted by Crippen LogP contribution is -2.59. The van der Waals surface area contributed by atoms with E-state index < -0.39 is 17.2 Å². The van der Waals surface area contributed by atoms with Crippen molar-refractivity contribution in [3.63, 3.8) is 0 Å².